The topological polar surface area (TPSA) is 65.1 Å². The molecule has 1 heterocycles. The Morgan fingerprint density at radius 1 is 1.23 bits per heavy atom. The van der Waals surface area contributed by atoms with E-state index in [-0.39, 0.29) is 17.4 Å². The van der Waals surface area contributed by atoms with Gasteiger partial charge in [-0.2, -0.15) is 0 Å². The smallest absolute Gasteiger partial charge is 0.343 e. The van der Waals surface area contributed by atoms with Gasteiger partial charge in [0.25, 0.3) is 5.91 Å². The Labute approximate surface area is 153 Å². The molecule has 1 amide bonds. The molecule has 1 fully saturated rings. The Morgan fingerprint density at radius 3 is 2.50 bits per heavy atom. The number of esters is 1. The van der Waals surface area contributed by atoms with Crippen LogP contribution in [-0.2, 0) is 25.6 Å². The lowest BCUT2D eigenvalue weighted by atomic mass is 9.77. The molecular formula is C20H25NO5. The molecule has 0 radical (unpaired) electrons. The lowest BCUT2D eigenvalue weighted by Crippen LogP contribution is -2.55. The minimum absolute atomic E-state index is 0.0839. The SMILES string of the molecule is COC(=O)C1=C2CCCC(C)C2(OC)N(Cc2ccc(OC)cc2)C1=O. The van der Waals surface area contributed by atoms with Crippen LogP contribution in [0.2, 0.25) is 0 Å². The van der Waals surface area contributed by atoms with Crippen molar-refractivity contribution in [2.75, 3.05) is 21.3 Å². The fourth-order valence-corrected chi connectivity index (χ4v) is 4.26. The molecule has 0 N–H and O–H groups in total. The summed E-state index contributed by atoms with van der Waals surface area (Å²) in [5, 5.41) is 0. The van der Waals surface area contributed by atoms with E-state index >= 15 is 0 Å². The molecule has 2 unspecified atom stereocenters. The highest BCUT2D eigenvalue weighted by molar-refractivity contribution is 6.19. The summed E-state index contributed by atoms with van der Waals surface area (Å²) in [6.07, 6.45) is 2.51. The number of methoxy groups -OCH3 is 3. The molecular weight excluding hydrogens is 334 g/mol. The number of carbonyl (C=O) groups excluding carboxylic acids is 2. The highest BCUT2D eigenvalue weighted by atomic mass is 16.5. The number of benzene rings is 1. The van der Waals surface area contributed by atoms with Gasteiger partial charge in [0.1, 0.15) is 11.3 Å². The molecule has 3 rings (SSSR count). The van der Waals surface area contributed by atoms with Crippen molar-refractivity contribution in [2.45, 2.75) is 38.5 Å². The third-order valence-electron chi connectivity index (χ3n) is 5.53. The summed E-state index contributed by atoms with van der Waals surface area (Å²) in [7, 11) is 4.52. The molecule has 2 aliphatic rings. The van der Waals surface area contributed by atoms with Gasteiger partial charge >= 0.3 is 5.97 Å². The average molecular weight is 359 g/mol. The predicted molar refractivity (Wildman–Crippen MR) is 95.3 cm³/mol. The molecule has 2 atom stereocenters. The maximum atomic E-state index is 13.2. The maximum absolute atomic E-state index is 13.2. The summed E-state index contributed by atoms with van der Waals surface area (Å²) in [5.41, 5.74) is 0.941. The highest BCUT2D eigenvalue weighted by Crippen LogP contribution is 2.49. The van der Waals surface area contributed by atoms with Crippen LogP contribution in [0.4, 0.5) is 0 Å². The monoisotopic (exact) mass is 359 g/mol. The van der Waals surface area contributed by atoms with Crippen LogP contribution in [0.25, 0.3) is 0 Å². The van der Waals surface area contributed by atoms with Crippen molar-refractivity contribution >= 4 is 11.9 Å². The Balaban J connectivity index is 2.03. The number of hydrogen-bond acceptors (Lipinski definition) is 5. The predicted octanol–water partition coefficient (Wildman–Crippen LogP) is 2.67. The van der Waals surface area contributed by atoms with Gasteiger partial charge in [-0.15, -0.1) is 0 Å². The van der Waals surface area contributed by atoms with Gasteiger partial charge in [-0.25, -0.2) is 4.79 Å². The van der Waals surface area contributed by atoms with Crippen LogP contribution < -0.4 is 4.74 Å². The molecule has 6 nitrogen and oxygen atoms in total. The standard InChI is InChI=1S/C20H25NO5/c1-13-6-5-7-16-17(19(23)25-3)18(22)21(20(13,16)26-4)12-14-8-10-15(24-2)11-9-14/h8-11,13H,5-7,12H2,1-4H3. The average Bonchev–Trinajstić information content (AvgIpc) is 2.91. The molecule has 0 bridgehead atoms. The number of amides is 1. The van der Waals surface area contributed by atoms with Gasteiger partial charge in [-0.05, 0) is 37.0 Å². The fraction of sp³-hybridized carbons (Fsp3) is 0.500. The number of carbonyl (C=O) groups is 2. The highest BCUT2D eigenvalue weighted by Gasteiger charge is 2.57. The first kappa shape index (κ1) is 18.5. The van der Waals surface area contributed by atoms with E-state index in [1.54, 1.807) is 19.1 Å². The van der Waals surface area contributed by atoms with Crippen molar-refractivity contribution < 1.29 is 23.8 Å². The van der Waals surface area contributed by atoms with Crippen molar-refractivity contribution in [1.29, 1.82) is 0 Å². The van der Waals surface area contributed by atoms with Crippen LogP contribution in [0.3, 0.4) is 0 Å². The second kappa shape index (κ2) is 7.11. The van der Waals surface area contributed by atoms with Crippen molar-refractivity contribution in [3.63, 3.8) is 0 Å². The van der Waals surface area contributed by atoms with Crippen molar-refractivity contribution in [1.82, 2.24) is 4.90 Å². The Morgan fingerprint density at radius 2 is 1.92 bits per heavy atom. The zero-order valence-electron chi connectivity index (χ0n) is 15.7. The lowest BCUT2D eigenvalue weighted by Gasteiger charge is -2.46. The second-order valence-electron chi connectivity index (χ2n) is 6.78. The van der Waals surface area contributed by atoms with E-state index in [2.05, 4.69) is 6.92 Å². The Bertz CT molecular complexity index is 739. The normalized spacial score (nSPS) is 25.3. The first-order valence-electron chi connectivity index (χ1n) is 8.81. The van der Waals surface area contributed by atoms with E-state index in [4.69, 9.17) is 14.2 Å². The molecule has 140 valence electrons. The van der Waals surface area contributed by atoms with E-state index in [1.807, 2.05) is 24.3 Å². The Hall–Kier alpha value is -2.34. The summed E-state index contributed by atoms with van der Waals surface area (Å²) in [4.78, 5) is 27.2. The molecule has 0 spiro atoms. The number of nitrogens with zero attached hydrogens (tertiary/aromatic N) is 1. The van der Waals surface area contributed by atoms with Crippen LogP contribution in [0.1, 0.15) is 31.7 Å². The quantitative estimate of drug-likeness (QED) is 0.597. The number of hydrogen-bond donors (Lipinski definition) is 0. The van der Waals surface area contributed by atoms with E-state index < -0.39 is 11.7 Å². The van der Waals surface area contributed by atoms with Crippen LogP contribution in [0.5, 0.6) is 5.75 Å². The molecule has 1 aromatic carbocycles. The van der Waals surface area contributed by atoms with Crippen LogP contribution in [0, 0.1) is 5.92 Å². The molecule has 1 aliphatic heterocycles. The number of ether oxygens (including phenoxy) is 3. The van der Waals surface area contributed by atoms with Crippen molar-refractivity contribution in [3.05, 3.63) is 41.0 Å². The van der Waals surface area contributed by atoms with Gasteiger partial charge in [0, 0.05) is 25.1 Å². The van der Waals surface area contributed by atoms with Gasteiger partial charge in [0.2, 0.25) is 0 Å². The van der Waals surface area contributed by atoms with Gasteiger partial charge in [-0.1, -0.05) is 19.1 Å². The van der Waals surface area contributed by atoms with Crippen molar-refractivity contribution in [2.24, 2.45) is 5.92 Å². The fourth-order valence-electron chi connectivity index (χ4n) is 4.26. The zero-order valence-corrected chi connectivity index (χ0v) is 15.7. The summed E-state index contributed by atoms with van der Waals surface area (Å²) in [5.74, 6) is -0.0697. The van der Waals surface area contributed by atoms with E-state index in [0.717, 1.165) is 29.7 Å². The Kier molecular flexibility index (Phi) is 5.05. The lowest BCUT2D eigenvalue weighted by molar-refractivity contribution is -0.167. The third kappa shape index (κ3) is 2.69. The zero-order chi connectivity index (χ0) is 18.9. The van der Waals surface area contributed by atoms with Gasteiger partial charge in [0.15, 0.2) is 5.72 Å². The van der Waals surface area contributed by atoms with Crippen LogP contribution in [0.15, 0.2) is 35.4 Å². The minimum atomic E-state index is -0.890. The van der Waals surface area contributed by atoms with E-state index in [0.29, 0.717) is 13.0 Å². The number of rotatable bonds is 5. The molecule has 1 aliphatic carbocycles. The molecule has 1 aromatic rings. The largest absolute Gasteiger partial charge is 0.497 e. The molecule has 1 saturated carbocycles. The van der Waals surface area contributed by atoms with Gasteiger partial charge in [-0.3, -0.25) is 4.79 Å². The molecule has 0 aromatic heterocycles. The van der Waals surface area contributed by atoms with Gasteiger partial charge < -0.3 is 19.1 Å². The summed E-state index contributed by atoms with van der Waals surface area (Å²) >= 11 is 0. The van der Waals surface area contributed by atoms with Crippen molar-refractivity contribution in [3.8, 4) is 5.75 Å². The summed E-state index contributed by atoms with van der Waals surface area (Å²) in [6.45, 7) is 2.42. The molecule has 0 saturated heterocycles. The number of fused-ring (bicyclic) bond motifs is 1. The van der Waals surface area contributed by atoms with Crippen LogP contribution in [-0.4, -0.2) is 43.8 Å². The van der Waals surface area contributed by atoms with Crippen LogP contribution >= 0.6 is 0 Å². The first-order chi connectivity index (χ1) is 12.5. The minimum Gasteiger partial charge on any atom is -0.497 e. The molecule has 6 heteroatoms. The maximum Gasteiger partial charge on any atom is 0.343 e. The third-order valence-corrected chi connectivity index (χ3v) is 5.53. The first-order valence-corrected chi connectivity index (χ1v) is 8.81. The van der Waals surface area contributed by atoms with E-state index in [1.165, 1.54) is 7.11 Å². The van der Waals surface area contributed by atoms with Gasteiger partial charge in [0.05, 0.1) is 14.2 Å². The summed E-state index contributed by atoms with van der Waals surface area (Å²) < 4.78 is 16.0. The summed E-state index contributed by atoms with van der Waals surface area (Å²) in [6, 6.07) is 7.54. The molecule has 26 heavy (non-hydrogen) atoms. The second-order valence-corrected chi connectivity index (χ2v) is 6.78. The van der Waals surface area contributed by atoms with E-state index in [9.17, 15) is 9.59 Å².